The summed E-state index contributed by atoms with van der Waals surface area (Å²) in [6.07, 6.45) is 5.23. The Balaban J connectivity index is 2.27. The quantitative estimate of drug-likeness (QED) is 0.562. The fourth-order valence-electron chi connectivity index (χ4n) is 1.89. The number of hydrogen-bond donors (Lipinski definition) is 2. The molecular formula is C13H14O3. The first-order chi connectivity index (χ1) is 7.66. The summed E-state index contributed by atoms with van der Waals surface area (Å²) in [4.78, 5) is 11.6. The van der Waals surface area contributed by atoms with Crippen LogP contribution in [0.25, 0.3) is 6.08 Å². The first-order valence-corrected chi connectivity index (χ1v) is 5.42. The van der Waals surface area contributed by atoms with E-state index in [1.807, 2.05) is 0 Å². The van der Waals surface area contributed by atoms with Crippen LogP contribution in [-0.4, -0.2) is 16.0 Å². The van der Waals surface area contributed by atoms with E-state index in [9.17, 15) is 9.90 Å². The average Bonchev–Trinajstić information content (AvgIpc) is 2.27. The second-order valence-corrected chi connectivity index (χ2v) is 4.05. The molecule has 2 rings (SSSR count). The van der Waals surface area contributed by atoms with Crippen molar-refractivity contribution in [2.24, 2.45) is 0 Å². The largest absolute Gasteiger partial charge is 0.504 e. The van der Waals surface area contributed by atoms with Crippen molar-refractivity contribution in [2.45, 2.75) is 25.7 Å². The van der Waals surface area contributed by atoms with Gasteiger partial charge in [0.05, 0.1) is 0 Å². The third-order valence-corrected chi connectivity index (χ3v) is 2.80. The molecular weight excluding hydrogens is 204 g/mol. The molecule has 1 aliphatic rings. The van der Waals surface area contributed by atoms with E-state index in [0.29, 0.717) is 6.42 Å². The lowest BCUT2D eigenvalue weighted by Crippen LogP contribution is -2.07. The minimum Gasteiger partial charge on any atom is -0.504 e. The number of hydrogen-bond acceptors (Lipinski definition) is 3. The van der Waals surface area contributed by atoms with E-state index in [1.54, 1.807) is 12.1 Å². The zero-order valence-electron chi connectivity index (χ0n) is 8.94. The number of phenols is 2. The van der Waals surface area contributed by atoms with Crippen LogP contribution in [0.15, 0.2) is 23.8 Å². The van der Waals surface area contributed by atoms with Gasteiger partial charge in [-0.15, -0.1) is 0 Å². The van der Waals surface area contributed by atoms with E-state index in [2.05, 4.69) is 0 Å². The Kier molecular flexibility index (Phi) is 2.95. The van der Waals surface area contributed by atoms with Crippen molar-refractivity contribution in [2.75, 3.05) is 0 Å². The van der Waals surface area contributed by atoms with Gasteiger partial charge < -0.3 is 10.2 Å². The van der Waals surface area contributed by atoms with Crippen LogP contribution in [0.5, 0.6) is 11.5 Å². The summed E-state index contributed by atoms with van der Waals surface area (Å²) in [5, 5.41) is 18.5. The molecule has 0 aliphatic heterocycles. The smallest absolute Gasteiger partial charge is 0.158 e. The summed E-state index contributed by atoms with van der Waals surface area (Å²) in [7, 11) is 0. The Labute approximate surface area is 94.0 Å². The van der Waals surface area contributed by atoms with Crippen LogP contribution in [0.1, 0.15) is 31.2 Å². The lowest BCUT2D eigenvalue weighted by molar-refractivity contribution is -0.116. The first kappa shape index (κ1) is 10.7. The van der Waals surface area contributed by atoms with Crippen LogP contribution in [0.4, 0.5) is 0 Å². The second-order valence-electron chi connectivity index (χ2n) is 4.05. The molecule has 0 heterocycles. The maximum Gasteiger partial charge on any atom is 0.158 e. The summed E-state index contributed by atoms with van der Waals surface area (Å²) in [6, 6.07) is 4.57. The van der Waals surface area contributed by atoms with Crippen molar-refractivity contribution in [3.63, 3.8) is 0 Å². The third kappa shape index (κ3) is 2.24. The highest BCUT2D eigenvalue weighted by Gasteiger charge is 2.14. The summed E-state index contributed by atoms with van der Waals surface area (Å²) < 4.78 is 0. The molecule has 1 saturated carbocycles. The third-order valence-electron chi connectivity index (χ3n) is 2.80. The van der Waals surface area contributed by atoms with Crippen molar-refractivity contribution in [1.82, 2.24) is 0 Å². The van der Waals surface area contributed by atoms with Crippen molar-refractivity contribution in [3.8, 4) is 11.5 Å². The van der Waals surface area contributed by atoms with E-state index < -0.39 is 0 Å². The topological polar surface area (TPSA) is 57.5 Å². The molecule has 0 bridgehead atoms. The second kappa shape index (κ2) is 4.39. The van der Waals surface area contributed by atoms with E-state index >= 15 is 0 Å². The number of benzene rings is 1. The molecule has 0 unspecified atom stereocenters. The molecule has 0 spiro atoms. The summed E-state index contributed by atoms with van der Waals surface area (Å²) >= 11 is 0. The van der Waals surface area contributed by atoms with E-state index in [-0.39, 0.29) is 17.3 Å². The van der Waals surface area contributed by atoms with Gasteiger partial charge in [0, 0.05) is 6.42 Å². The molecule has 1 aliphatic carbocycles. The van der Waals surface area contributed by atoms with Gasteiger partial charge in [-0.2, -0.15) is 0 Å². The van der Waals surface area contributed by atoms with E-state index in [0.717, 1.165) is 30.4 Å². The number of phenolic OH excluding ortho intramolecular Hbond substituents is 2. The monoisotopic (exact) mass is 218 g/mol. The number of allylic oxidation sites excluding steroid dienone is 1. The fourth-order valence-corrected chi connectivity index (χ4v) is 1.89. The lowest BCUT2D eigenvalue weighted by Gasteiger charge is -2.12. The zero-order valence-corrected chi connectivity index (χ0v) is 8.94. The maximum absolute atomic E-state index is 11.6. The summed E-state index contributed by atoms with van der Waals surface area (Å²) in [6.45, 7) is 0. The molecule has 3 nitrogen and oxygen atoms in total. The van der Waals surface area contributed by atoms with Crippen molar-refractivity contribution >= 4 is 11.9 Å². The number of ketones is 1. The fraction of sp³-hybridized carbons (Fsp3) is 0.308. The minimum atomic E-state index is -0.155. The normalized spacial score (nSPS) is 19.0. The Bertz CT molecular complexity index is 446. The molecule has 0 amide bonds. The molecule has 1 fully saturated rings. The summed E-state index contributed by atoms with van der Waals surface area (Å²) in [5.74, 6) is -0.103. The van der Waals surface area contributed by atoms with Gasteiger partial charge in [-0.3, -0.25) is 4.79 Å². The highest BCUT2D eigenvalue weighted by molar-refractivity contribution is 6.00. The van der Waals surface area contributed by atoms with Gasteiger partial charge >= 0.3 is 0 Å². The number of Topliss-reactive ketones (excluding diaryl/α,β-unsaturated/α-hetero) is 1. The van der Waals surface area contributed by atoms with Crippen LogP contribution in [0.3, 0.4) is 0 Å². The number of rotatable bonds is 1. The maximum atomic E-state index is 11.6. The molecule has 0 saturated heterocycles. The molecule has 1 aromatic rings. The average molecular weight is 218 g/mol. The zero-order chi connectivity index (χ0) is 11.5. The molecule has 2 N–H and O–H groups in total. The van der Waals surface area contributed by atoms with E-state index in [1.165, 1.54) is 12.1 Å². The standard InChI is InChI=1S/C13H14O3/c14-11-4-2-1-3-10(11)7-9-5-6-12(15)13(16)8-9/h5-8,15-16H,1-4H2. The van der Waals surface area contributed by atoms with Gasteiger partial charge in [-0.25, -0.2) is 0 Å². The SMILES string of the molecule is O=C1CCCCC1=Cc1ccc(O)c(O)c1. The molecule has 3 heteroatoms. The van der Waals surface area contributed by atoms with Crippen LogP contribution in [0, 0.1) is 0 Å². The molecule has 0 radical (unpaired) electrons. The molecule has 84 valence electrons. The summed E-state index contributed by atoms with van der Waals surface area (Å²) in [5.41, 5.74) is 1.57. The molecule has 0 atom stereocenters. The molecule has 16 heavy (non-hydrogen) atoms. The number of carbonyl (C=O) groups is 1. The number of aromatic hydroxyl groups is 2. The predicted molar refractivity (Wildman–Crippen MR) is 61.2 cm³/mol. The van der Waals surface area contributed by atoms with Crippen LogP contribution in [0.2, 0.25) is 0 Å². The van der Waals surface area contributed by atoms with Crippen LogP contribution < -0.4 is 0 Å². The Morgan fingerprint density at radius 1 is 1.06 bits per heavy atom. The van der Waals surface area contributed by atoms with Gasteiger partial charge in [-0.05, 0) is 48.6 Å². The highest BCUT2D eigenvalue weighted by atomic mass is 16.3. The van der Waals surface area contributed by atoms with E-state index in [4.69, 9.17) is 5.11 Å². The van der Waals surface area contributed by atoms with Crippen molar-refractivity contribution in [1.29, 1.82) is 0 Å². The Morgan fingerprint density at radius 2 is 1.81 bits per heavy atom. The molecule has 1 aromatic carbocycles. The number of carbonyl (C=O) groups excluding carboxylic acids is 1. The van der Waals surface area contributed by atoms with Gasteiger partial charge in [0.1, 0.15) is 0 Å². The molecule has 0 aromatic heterocycles. The van der Waals surface area contributed by atoms with Gasteiger partial charge in [0.15, 0.2) is 17.3 Å². The van der Waals surface area contributed by atoms with Crippen molar-refractivity contribution < 1.29 is 15.0 Å². The van der Waals surface area contributed by atoms with Gasteiger partial charge in [-0.1, -0.05) is 6.07 Å². The highest BCUT2D eigenvalue weighted by Crippen LogP contribution is 2.28. The first-order valence-electron chi connectivity index (χ1n) is 5.42. The Morgan fingerprint density at radius 3 is 2.50 bits per heavy atom. The lowest BCUT2D eigenvalue weighted by atomic mass is 9.92. The van der Waals surface area contributed by atoms with Gasteiger partial charge in [0.2, 0.25) is 0 Å². The minimum absolute atomic E-state index is 0.142. The predicted octanol–water partition coefficient (Wildman–Crippen LogP) is 2.62. The van der Waals surface area contributed by atoms with Crippen LogP contribution in [-0.2, 0) is 4.79 Å². The van der Waals surface area contributed by atoms with Crippen LogP contribution >= 0.6 is 0 Å². The van der Waals surface area contributed by atoms with Gasteiger partial charge in [0.25, 0.3) is 0 Å². The van der Waals surface area contributed by atoms with Crippen molar-refractivity contribution in [3.05, 3.63) is 29.3 Å². The Hall–Kier alpha value is -1.77.